The molecule has 0 aromatic heterocycles. The van der Waals surface area contributed by atoms with E-state index in [1.54, 1.807) is 7.11 Å². The Morgan fingerprint density at radius 2 is 2.20 bits per heavy atom. The average Bonchev–Trinajstić information content (AvgIpc) is 2.21. The van der Waals surface area contributed by atoms with Crippen molar-refractivity contribution in [2.45, 2.75) is 26.2 Å². The molecule has 1 aromatic rings. The second kappa shape index (κ2) is 5.09. The molecule has 1 aromatic carbocycles. The molecule has 0 saturated carbocycles. The maximum atomic E-state index is 6.08. The SMILES string of the molecule is C#CCC(C)c1cc(Cl)c(C)cc1OC. The second-order valence-electron chi connectivity index (χ2n) is 3.65. The van der Waals surface area contributed by atoms with Gasteiger partial charge in [-0.2, -0.15) is 0 Å². The van der Waals surface area contributed by atoms with Crippen molar-refractivity contribution >= 4 is 11.6 Å². The van der Waals surface area contributed by atoms with E-state index in [1.165, 1.54) is 0 Å². The fourth-order valence-electron chi connectivity index (χ4n) is 1.52. The first-order valence-electron chi connectivity index (χ1n) is 4.87. The summed E-state index contributed by atoms with van der Waals surface area (Å²) in [5.74, 6) is 3.78. The van der Waals surface area contributed by atoms with Crippen LogP contribution in [0.3, 0.4) is 0 Å². The molecular formula is C13H15ClO. The minimum absolute atomic E-state index is 0.267. The molecule has 1 unspecified atom stereocenters. The predicted octanol–water partition coefficient (Wildman–Crippen LogP) is 3.78. The molecule has 2 heteroatoms. The van der Waals surface area contributed by atoms with Crippen molar-refractivity contribution < 1.29 is 4.74 Å². The van der Waals surface area contributed by atoms with Crippen LogP contribution in [0.1, 0.15) is 30.4 Å². The number of hydrogen-bond donors (Lipinski definition) is 0. The Morgan fingerprint density at radius 3 is 2.73 bits per heavy atom. The summed E-state index contributed by atoms with van der Waals surface area (Å²) in [6, 6.07) is 3.89. The van der Waals surface area contributed by atoms with E-state index < -0.39 is 0 Å². The molecule has 0 radical (unpaired) electrons. The van der Waals surface area contributed by atoms with Crippen molar-refractivity contribution in [2.75, 3.05) is 7.11 Å². The molecule has 1 rings (SSSR count). The van der Waals surface area contributed by atoms with Crippen molar-refractivity contribution in [2.24, 2.45) is 0 Å². The summed E-state index contributed by atoms with van der Waals surface area (Å²) in [6.45, 7) is 4.03. The number of methoxy groups -OCH3 is 1. The Balaban J connectivity index is 3.16. The molecule has 0 aliphatic heterocycles. The highest BCUT2D eigenvalue weighted by Gasteiger charge is 2.12. The number of ether oxygens (including phenoxy) is 1. The summed E-state index contributed by atoms with van der Waals surface area (Å²) in [5, 5.41) is 0.759. The Labute approximate surface area is 96.4 Å². The minimum atomic E-state index is 0.267. The van der Waals surface area contributed by atoms with Gasteiger partial charge in [0.15, 0.2) is 0 Å². The van der Waals surface area contributed by atoms with Gasteiger partial charge in [-0.3, -0.25) is 0 Å². The van der Waals surface area contributed by atoms with Gasteiger partial charge in [-0.15, -0.1) is 12.3 Å². The lowest BCUT2D eigenvalue weighted by Crippen LogP contribution is -1.98. The summed E-state index contributed by atoms with van der Waals surface area (Å²) in [7, 11) is 1.66. The van der Waals surface area contributed by atoms with E-state index in [9.17, 15) is 0 Å². The van der Waals surface area contributed by atoms with Gasteiger partial charge in [0.25, 0.3) is 0 Å². The summed E-state index contributed by atoms with van der Waals surface area (Å²) in [6.07, 6.45) is 5.99. The average molecular weight is 223 g/mol. The molecule has 0 heterocycles. The van der Waals surface area contributed by atoms with E-state index in [2.05, 4.69) is 12.8 Å². The summed E-state index contributed by atoms with van der Waals surface area (Å²) < 4.78 is 5.32. The zero-order valence-electron chi connectivity index (χ0n) is 9.30. The number of hydrogen-bond acceptors (Lipinski definition) is 1. The molecule has 0 aliphatic carbocycles. The van der Waals surface area contributed by atoms with Crippen molar-refractivity contribution in [3.8, 4) is 18.1 Å². The van der Waals surface area contributed by atoms with Gasteiger partial charge in [-0.25, -0.2) is 0 Å². The van der Waals surface area contributed by atoms with Gasteiger partial charge >= 0.3 is 0 Å². The summed E-state index contributed by atoms with van der Waals surface area (Å²) in [5.41, 5.74) is 2.09. The van der Waals surface area contributed by atoms with Gasteiger partial charge in [0.2, 0.25) is 0 Å². The van der Waals surface area contributed by atoms with Gasteiger partial charge < -0.3 is 4.74 Å². The quantitative estimate of drug-likeness (QED) is 0.708. The van der Waals surface area contributed by atoms with Crippen molar-refractivity contribution in [1.82, 2.24) is 0 Å². The van der Waals surface area contributed by atoms with Crippen LogP contribution in [-0.4, -0.2) is 7.11 Å². The first-order valence-corrected chi connectivity index (χ1v) is 5.25. The molecule has 1 nitrogen and oxygen atoms in total. The maximum Gasteiger partial charge on any atom is 0.122 e. The van der Waals surface area contributed by atoms with Crippen LogP contribution >= 0.6 is 11.6 Å². The lowest BCUT2D eigenvalue weighted by molar-refractivity contribution is 0.406. The number of aryl methyl sites for hydroxylation is 1. The normalized spacial score (nSPS) is 11.9. The Bertz CT molecular complexity index is 390. The third-order valence-electron chi connectivity index (χ3n) is 2.47. The number of terminal acetylenes is 1. The standard InChI is InChI=1S/C13H15ClO/c1-5-6-9(2)11-8-12(14)10(3)7-13(11)15-4/h1,7-9H,6H2,2-4H3. The summed E-state index contributed by atoms with van der Waals surface area (Å²) in [4.78, 5) is 0. The van der Waals surface area contributed by atoms with Crippen LogP contribution in [-0.2, 0) is 0 Å². The largest absolute Gasteiger partial charge is 0.496 e. The van der Waals surface area contributed by atoms with E-state index >= 15 is 0 Å². The molecule has 1 atom stereocenters. The topological polar surface area (TPSA) is 9.23 Å². The highest BCUT2D eigenvalue weighted by molar-refractivity contribution is 6.31. The highest BCUT2D eigenvalue weighted by atomic mass is 35.5. The Kier molecular flexibility index (Phi) is 4.05. The minimum Gasteiger partial charge on any atom is -0.496 e. The first kappa shape index (κ1) is 11.9. The van der Waals surface area contributed by atoms with Crippen LogP contribution in [0.5, 0.6) is 5.75 Å². The third kappa shape index (κ3) is 2.67. The maximum absolute atomic E-state index is 6.08. The smallest absolute Gasteiger partial charge is 0.122 e. The molecule has 0 fully saturated rings. The molecule has 0 spiro atoms. The zero-order valence-corrected chi connectivity index (χ0v) is 10.1. The van der Waals surface area contributed by atoms with E-state index in [4.69, 9.17) is 22.8 Å². The van der Waals surface area contributed by atoms with Gasteiger partial charge in [0.05, 0.1) is 7.11 Å². The molecule has 0 saturated heterocycles. The molecule has 15 heavy (non-hydrogen) atoms. The molecule has 0 amide bonds. The fraction of sp³-hybridized carbons (Fsp3) is 0.385. The fourth-order valence-corrected chi connectivity index (χ4v) is 1.69. The first-order chi connectivity index (χ1) is 7.10. The number of halogens is 1. The third-order valence-corrected chi connectivity index (χ3v) is 2.87. The summed E-state index contributed by atoms with van der Waals surface area (Å²) >= 11 is 6.08. The lowest BCUT2D eigenvalue weighted by atomic mass is 9.96. The van der Waals surface area contributed by atoms with Crippen LogP contribution in [0.2, 0.25) is 5.02 Å². The molecule has 0 aliphatic rings. The Hall–Kier alpha value is -1.13. The van der Waals surface area contributed by atoms with Gasteiger partial charge in [-0.1, -0.05) is 18.5 Å². The molecule has 80 valence electrons. The van der Waals surface area contributed by atoms with Crippen LogP contribution < -0.4 is 4.74 Å². The van der Waals surface area contributed by atoms with Crippen LogP contribution in [0.15, 0.2) is 12.1 Å². The molecule has 0 N–H and O–H groups in total. The highest BCUT2D eigenvalue weighted by Crippen LogP contribution is 2.33. The van der Waals surface area contributed by atoms with E-state index in [-0.39, 0.29) is 5.92 Å². The van der Waals surface area contributed by atoms with Crippen molar-refractivity contribution in [1.29, 1.82) is 0 Å². The van der Waals surface area contributed by atoms with Gasteiger partial charge in [-0.05, 0) is 36.1 Å². The van der Waals surface area contributed by atoms with Gasteiger partial charge in [0, 0.05) is 11.4 Å². The second-order valence-corrected chi connectivity index (χ2v) is 4.06. The van der Waals surface area contributed by atoms with E-state index in [1.807, 2.05) is 19.1 Å². The Morgan fingerprint density at radius 1 is 1.53 bits per heavy atom. The van der Waals surface area contributed by atoms with Crippen LogP contribution in [0.25, 0.3) is 0 Å². The predicted molar refractivity (Wildman–Crippen MR) is 64.6 cm³/mol. The lowest BCUT2D eigenvalue weighted by Gasteiger charge is -2.15. The number of rotatable bonds is 3. The monoisotopic (exact) mass is 222 g/mol. The van der Waals surface area contributed by atoms with Crippen LogP contribution in [0.4, 0.5) is 0 Å². The van der Waals surface area contributed by atoms with E-state index in [0.29, 0.717) is 6.42 Å². The van der Waals surface area contributed by atoms with Crippen LogP contribution in [0, 0.1) is 19.3 Å². The van der Waals surface area contributed by atoms with Gasteiger partial charge in [0.1, 0.15) is 5.75 Å². The van der Waals surface area contributed by atoms with Crippen molar-refractivity contribution in [3.05, 3.63) is 28.3 Å². The zero-order chi connectivity index (χ0) is 11.4. The van der Waals surface area contributed by atoms with Crippen molar-refractivity contribution in [3.63, 3.8) is 0 Å². The molecular weight excluding hydrogens is 208 g/mol. The molecule has 0 bridgehead atoms. The number of benzene rings is 1. The van der Waals surface area contributed by atoms with E-state index in [0.717, 1.165) is 21.9 Å².